The first-order valence-electron chi connectivity index (χ1n) is 8.99. The van der Waals surface area contributed by atoms with Crippen LogP contribution in [0.5, 0.6) is 0 Å². The van der Waals surface area contributed by atoms with E-state index in [9.17, 15) is 14.4 Å². The second-order valence-electron chi connectivity index (χ2n) is 6.66. The molecule has 1 amide bonds. The molecule has 0 bridgehead atoms. The first-order valence-corrected chi connectivity index (χ1v) is 8.99. The molecular formula is C22H21NO5. The van der Waals surface area contributed by atoms with Crippen LogP contribution in [0.2, 0.25) is 0 Å². The van der Waals surface area contributed by atoms with E-state index in [0.717, 1.165) is 5.56 Å². The maximum atomic E-state index is 12.6. The number of ether oxygens (including phenoxy) is 1. The lowest BCUT2D eigenvalue weighted by atomic mass is 10.2. The van der Waals surface area contributed by atoms with Gasteiger partial charge in [0.15, 0.2) is 6.61 Å². The molecule has 1 heterocycles. The Kier molecular flexibility index (Phi) is 5.89. The van der Waals surface area contributed by atoms with Gasteiger partial charge in [-0.1, -0.05) is 48.5 Å². The van der Waals surface area contributed by atoms with E-state index in [1.807, 2.05) is 44.2 Å². The van der Waals surface area contributed by atoms with Crippen LogP contribution in [-0.2, 0) is 16.1 Å². The maximum Gasteiger partial charge on any atom is 0.351 e. The van der Waals surface area contributed by atoms with Gasteiger partial charge in [0.2, 0.25) is 0 Å². The van der Waals surface area contributed by atoms with Gasteiger partial charge < -0.3 is 14.1 Å². The van der Waals surface area contributed by atoms with Crippen molar-refractivity contribution in [3.63, 3.8) is 0 Å². The Morgan fingerprint density at radius 3 is 2.43 bits per heavy atom. The van der Waals surface area contributed by atoms with Gasteiger partial charge in [0.1, 0.15) is 11.1 Å². The standard InChI is InChI=1S/C22H21NO5/c1-15(2)23(13-16-8-4-3-5-9-16)20(24)14-27-21(25)18-12-17-10-6-7-11-19(17)28-22(18)26/h3-12,15H,13-14H2,1-2H3. The van der Waals surface area contributed by atoms with Crippen molar-refractivity contribution >= 4 is 22.8 Å². The van der Waals surface area contributed by atoms with Crippen molar-refractivity contribution < 1.29 is 18.7 Å². The van der Waals surface area contributed by atoms with Gasteiger partial charge in [0, 0.05) is 18.0 Å². The first-order chi connectivity index (χ1) is 13.5. The van der Waals surface area contributed by atoms with Gasteiger partial charge in [-0.25, -0.2) is 9.59 Å². The van der Waals surface area contributed by atoms with Gasteiger partial charge >= 0.3 is 11.6 Å². The van der Waals surface area contributed by atoms with Gasteiger partial charge in [0.05, 0.1) is 0 Å². The van der Waals surface area contributed by atoms with Crippen LogP contribution in [0.15, 0.2) is 69.9 Å². The Balaban J connectivity index is 1.69. The number of hydrogen-bond donors (Lipinski definition) is 0. The van der Waals surface area contributed by atoms with Gasteiger partial charge in [-0.15, -0.1) is 0 Å². The minimum Gasteiger partial charge on any atom is -0.452 e. The van der Waals surface area contributed by atoms with Crippen molar-refractivity contribution in [3.05, 3.63) is 82.2 Å². The van der Waals surface area contributed by atoms with E-state index in [1.54, 1.807) is 29.2 Å². The monoisotopic (exact) mass is 379 g/mol. The number of fused-ring (bicyclic) bond motifs is 1. The smallest absolute Gasteiger partial charge is 0.351 e. The molecule has 0 aliphatic heterocycles. The minimum absolute atomic E-state index is 0.0721. The average molecular weight is 379 g/mol. The number of amides is 1. The van der Waals surface area contributed by atoms with Crippen molar-refractivity contribution in [3.8, 4) is 0 Å². The van der Waals surface area contributed by atoms with E-state index in [-0.39, 0.29) is 17.5 Å². The third kappa shape index (κ3) is 4.46. The molecule has 6 heteroatoms. The quantitative estimate of drug-likeness (QED) is 0.485. The summed E-state index contributed by atoms with van der Waals surface area (Å²) in [6.45, 7) is 3.74. The highest BCUT2D eigenvalue weighted by Crippen LogP contribution is 2.13. The molecule has 3 rings (SSSR count). The number of esters is 1. The van der Waals surface area contributed by atoms with E-state index < -0.39 is 18.2 Å². The van der Waals surface area contributed by atoms with Gasteiger partial charge in [-0.2, -0.15) is 0 Å². The van der Waals surface area contributed by atoms with Gasteiger partial charge in [-0.05, 0) is 31.5 Å². The first kappa shape index (κ1) is 19.4. The molecule has 0 radical (unpaired) electrons. The topological polar surface area (TPSA) is 76.8 Å². The van der Waals surface area contributed by atoms with E-state index in [1.165, 1.54) is 6.07 Å². The molecule has 0 spiro atoms. The lowest BCUT2D eigenvalue weighted by molar-refractivity contribution is -0.136. The zero-order valence-electron chi connectivity index (χ0n) is 15.8. The molecule has 0 saturated heterocycles. The highest BCUT2D eigenvalue weighted by Gasteiger charge is 2.21. The summed E-state index contributed by atoms with van der Waals surface area (Å²) in [5, 5.41) is 0.605. The molecule has 0 unspecified atom stereocenters. The molecule has 0 atom stereocenters. The van der Waals surface area contributed by atoms with Crippen LogP contribution in [0.25, 0.3) is 11.0 Å². The molecule has 0 aliphatic rings. The Morgan fingerprint density at radius 2 is 1.71 bits per heavy atom. The van der Waals surface area contributed by atoms with Gasteiger partial charge in [0.25, 0.3) is 5.91 Å². The molecular weight excluding hydrogens is 358 g/mol. The average Bonchev–Trinajstić information content (AvgIpc) is 2.70. The summed E-state index contributed by atoms with van der Waals surface area (Å²) in [7, 11) is 0. The molecule has 0 saturated carbocycles. The van der Waals surface area contributed by atoms with Crippen LogP contribution in [0, 0.1) is 0 Å². The molecule has 3 aromatic rings. The van der Waals surface area contributed by atoms with Crippen molar-refractivity contribution in [1.29, 1.82) is 0 Å². The SMILES string of the molecule is CC(C)N(Cc1ccccc1)C(=O)COC(=O)c1cc2ccccc2oc1=O. The maximum absolute atomic E-state index is 12.6. The highest BCUT2D eigenvalue weighted by atomic mass is 16.5. The number of benzene rings is 2. The molecule has 6 nitrogen and oxygen atoms in total. The zero-order chi connectivity index (χ0) is 20.1. The lowest BCUT2D eigenvalue weighted by Crippen LogP contribution is -2.39. The van der Waals surface area contributed by atoms with Crippen LogP contribution < -0.4 is 5.63 Å². The number of hydrogen-bond acceptors (Lipinski definition) is 5. The number of carbonyl (C=O) groups excluding carboxylic acids is 2. The minimum atomic E-state index is -0.878. The Bertz CT molecular complexity index is 1040. The van der Waals surface area contributed by atoms with Crippen molar-refractivity contribution in [2.45, 2.75) is 26.4 Å². The fraction of sp³-hybridized carbons (Fsp3) is 0.227. The number of para-hydroxylation sites is 1. The van der Waals surface area contributed by atoms with E-state index in [4.69, 9.17) is 9.15 Å². The van der Waals surface area contributed by atoms with Gasteiger partial charge in [-0.3, -0.25) is 4.79 Å². The summed E-state index contributed by atoms with van der Waals surface area (Å²) in [5.41, 5.74) is 0.340. The van der Waals surface area contributed by atoms with E-state index >= 15 is 0 Å². The van der Waals surface area contributed by atoms with Crippen LogP contribution >= 0.6 is 0 Å². The zero-order valence-corrected chi connectivity index (χ0v) is 15.8. The fourth-order valence-electron chi connectivity index (χ4n) is 2.83. The molecule has 144 valence electrons. The normalized spacial score (nSPS) is 10.8. The Hall–Kier alpha value is -3.41. The largest absolute Gasteiger partial charge is 0.452 e. The molecule has 28 heavy (non-hydrogen) atoms. The molecule has 0 fully saturated rings. The summed E-state index contributed by atoms with van der Waals surface area (Å²) >= 11 is 0. The number of nitrogens with zero attached hydrogens (tertiary/aromatic N) is 1. The number of carbonyl (C=O) groups is 2. The van der Waals surface area contributed by atoms with Crippen molar-refractivity contribution in [2.75, 3.05) is 6.61 Å². The van der Waals surface area contributed by atoms with Crippen molar-refractivity contribution in [2.24, 2.45) is 0 Å². The fourth-order valence-corrected chi connectivity index (χ4v) is 2.83. The molecule has 2 aromatic carbocycles. The van der Waals surface area contributed by atoms with E-state index in [2.05, 4.69) is 0 Å². The number of rotatable bonds is 6. The van der Waals surface area contributed by atoms with Crippen LogP contribution in [0.1, 0.15) is 29.8 Å². The van der Waals surface area contributed by atoms with Crippen molar-refractivity contribution in [1.82, 2.24) is 4.90 Å². The molecule has 0 N–H and O–H groups in total. The Morgan fingerprint density at radius 1 is 1.04 bits per heavy atom. The third-order valence-corrected chi connectivity index (χ3v) is 4.33. The summed E-state index contributed by atoms with van der Waals surface area (Å²) in [6.07, 6.45) is 0. The highest BCUT2D eigenvalue weighted by molar-refractivity contribution is 5.94. The summed E-state index contributed by atoms with van der Waals surface area (Å²) in [4.78, 5) is 38.5. The second-order valence-corrected chi connectivity index (χ2v) is 6.66. The Labute approximate surface area is 162 Å². The molecule has 1 aromatic heterocycles. The molecule has 0 aliphatic carbocycles. The van der Waals surface area contributed by atoms with Crippen LogP contribution in [0.3, 0.4) is 0 Å². The van der Waals surface area contributed by atoms with E-state index in [0.29, 0.717) is 17.5 Å². The summed E-state index contributed by atoms with van der Waals surface area (Å²) < 4.78 is 10.2. The summed E-state index contributed by atoms with van der Waals surface area (Å²) in [6, 6.07) is 17.8. The van der Waals surface area contributed by atoms with Crippen LogP contribution in [-0.4, -0.2) is 29.4 Å². The lowest BCUT2D eigenvalue weighted by Gasteiger charge is -2.26. The second kappa shape index (κ2) is 8.52. The third-order valence-electron chi connectivity index (χ3n) is 4.33. The predicted octanol–water partition coefficient (Wildman–Crippen LogP) is 3.39. The predicted molar refractivity (Wildman–Crippen MR) is 105 cm³/mol. The van der Waals surface area contributed by atoms with Crippen LogP contribution in [0.4, 0.5) is 0 Å². The summed E-state index contributed by atoms with van der Waals surface area (Å²) in [5.74, 6) is -1.21.